The Hall–Kier alpha value is -2.44. The highest BCUT2D eigenvalue weighted by Gasteiger charge is 2.24. The normalized spacial score (nSPS) is 11.7. The minimum atomic E-state index is -0.852. The number of pyridine rings is 1. The molecule has 1 rings (SSSR count). The number of carbonyl (C=O) groups is 3. The number of aromatic nitrogens is 1. The van der Waals surface area contributed by atoms with Crippen LogP contribution in [0.15, 0.2) is 30.6 Å². The molecule has 1 aromatic heterocycles. The van der Waals surface area contributed by atoms with E-state index < -0.39 is 12.0 Å². The molecule has 1 N–H and O–H groups in total. The predicted molar refractivity (Wildman–Crippen MR) is 196 cm³/mol. The lowest BCUT2D eigenvalue weighted by Gasteiger charge is -2.17. The largest absolute Gasteiger partial charge is 0.466 e. The van der Waals surface area contributed by atoms with Crippen molar-refractivity contribution in [2.24, 2.45) is 0 Å². The van der Waals surface area contributed by atoms with Crippen molar-refractivity contribution in [3.05, 3.63) is 30.6 Å². The molecule has 0 aliphatic carbocycles. The van der Waals surface area contributed by atoms with Crippen molar-refractivity contribution in [2.75, 3.05) is 13.2 Å². The van der Waals surface area contributed by atoms with Crippen LogP contribution < -0.4 is 9.88 Å². The maximum Gasteiger partial charge on any atom is 0.328 e. The van der Waals surface area contributed by atoms with Gasteiger partial charge in [-0.05, 0) is 19.3 Å². The Labute approximate surface area is 294 Å². The number of rotatable bonds is 34. The van der Waals surface area contributed by atoms with Crippen LogP contribution in [0, 0.1) is 0 Å². The van der Waals surface area contributed by atoms with E-state index in [0.29, 0.717) is 19.8 Å². The zero-order valence-corrected chi connectivity index (χ0v) is 31.2. The van der Waals surface area contributed by atoms with Gasteiger partial charge in [0, 0.05) is 18.6 Å². The summed E-state index contributed by atoms with van der Waals surface area (Å²) in [5.41, 5.74) is 0. The van der Waals surface area contributed by atoms with E-state index in [-0.39, 0.29) is 31.1 Å². The number of amides is 1. The lowest BCUT2D eigenvalue weighted by atomic mass is 10.1. The van der Waals surface area contributed by atoms with E-state index in [1.807, 2.05) is 35.2 Å². The van der Waals surface area contributed by atoms with Crippen molar-refractivity contribution in [1.29, 1.82) is 0 Å². The van der Waals surface area contributed by atoms with Gasteiger partial charge >= 0.3 is 11.9 Å². The molecule has 1 unspecified atom stereocenters. The summed E-state index contributed by atoms with van der Waals surface area (Å²) in [7, 11) is 0. The number of ether oxygens (including phenoxy) is 2. The van der Waals surface area contributed by atoms with Gasteiger partial charge in [-0.2, -0.15) is 0 Å². The third-order valence-electron chi connectivity index (χ3n) is 9.13. The van der Waals surface area contributed by atoms with E-state index in [9.17, 15) is 14.4 Å². The minimum Gasteiger partial charge on any atom is -0.466 e. The average molecular weight is 674 g/mol. The van der Waals surface area contributed by atoms with E-state index in [2.05, 4.69) is 19.2 Å². The number of nitrogens with zero attached hydrogens (tertiary/aromatic N) is 1. The third kappa shape index (κ3) is 27.5. The lowest BCUT2D eigenvalue weighted by Crippen LogP contribution is -2.44. The molecular weight excluding hydrogens is 600 g/mol. The van der Waals surface area contributed by atoms with Gasteiger partial charge in [0.2, 0.25) is 5.91 Å². The highest BCUT2D eigenvalue weighted by atomic mass is 16.5. The van der Waals surface area contributed by atoms with Gasteiger partial charge in [-0.3, -0.25) is 9.59 Å². The molecule has 0 aliphatic heterocycles. The van der Waals surface area contributed by atoms with Crippen LogP contribution in [0.4, 0.5) is 0 Å². The molecule has 276 valence electrons. The Bertz CT molecular complexity index is 894. The molecule has 0 aromatic carbocycles. The molecule has 0 bridgehead atoms. The summed E-state index contributed by atoms with van der Waals surface area (Å²) >= 11 is 0. The lowest BCUT2D eigenvalue weighted by molar-refractivity contribution is -0.695. The maximum atomic E-state index is 13.0. The van der Waals surface area contributed by atoms with Gasteiger partial charge in [0.05, 0.1) is 19.6 Å². The van der Waals surface area contributed by atoms with Gasteiger partial charge in [0.15, 0.2) is 18.9 Å². The number of nitrogens with one attached hydrogen (secondary N) is 1. The molecule has 0 aliphatic rings. The Morgan fingerprint density at radius 3 is 1.42 bits per heavy atom. The number of unbranched alkanes of at least 4 members (excludes halogenated alkanes) is 22. The minimum absolute atomic E-state index is 0.0738. The summed E-state index contributed by atoms with van der Waals surface area (Å²) < 4.78 is 12.9. The van der Waals surface area contributed by atoms with Gasteiger partial charge in [0.1, 0.15) is 6.04 Å². The molecule has 0 spiro atoms. The highest BCUT2D eigenvalue weighted by Crippen LogP contribution is 2.14. The van der Waals surface area contributed by atoms with Gasteiger partial charge in [0.25, 0.3) is 0 Å². The zero-order chi connectivity index (χ0) is 34.8. The Morgan fingerprint density at radius 1 is 0.542 bits per heavy atom. The molecule has 0 saturated carbocycles. The van der Waals surface area contributed by atoms with Gasteiger partial charge in [-0.15, -0.1) is 0 Å². The molecule has 7 nitrogen and oxygen atoms in total. The first-order chi connectivity index (χ1) is 23.6. The number of esters is 2. The maximum absolute atomic E-state index is 13.0. The summed E-state index contributed by atoms with van der Waals surface area (Å²) in [6, 6.07) is 4.90. The molecule has 1 amide bonds. The predicted octanol–water partition coefficient (Wildman–Crippen LogP) is 10.1. The summed E-state index contributed by atoms with van der Waals surface area (Å²) in [6.45, 7) is 5.77. The Morgan fingerprint density at radius 2 is 0.958 bits per heavy atom. The van der Waals surface area contributed by atoms with Crippen molar-refractivity contribution >= 4 is 17.8 Å². The number of aryl methyl sites for hydroxylation is 1. The summed E-state index contributed by atoms with van der Waals surface area (Å²) in [5.74, 6) is -1.03. The van der Waals surface area contributed by atoms with Crippen molar-refractivity contribution in [1.82, 2.24) is 5.32 Å². The van der Waals surface area contributed by atoms with Crippen molar-refractivity contribution < 1.29 is 28.4 Å². The average Bonchev–Trinajstić information content (AvgIpc) is 3.10. The molecule has 0 fully saturated rings. The smallest absolute Gasteiger partial charge is 0.328 e. The highest BCUT2D eigenvalue weighted by molar-refractivity contribution is 5.84. The second kappa shape index (κ2) is 33.1. The quantitative estimate of drug-likeness (QED) is 0.0447. The van der Waals surface area contributed by atoms with Gasteiger partial charge in [-0.1, -0.05) is 161 Å². The standard InChI is InChI=1S/C41H72N2O5/c1-3-5-7-9-11-13-15-17-19-21-23-28-36-47-40(45)31-30-38(42-39(44)32-35-43-33-26-25-27-34-43)41(46)48-37-29-24-22-20-18-16-14-12-10-8-6-4-2/h25-27,33-34,38H,3-24,28-32,35-37H2,1-2H3/p+1. The van der Waals surface area contributed by atoms with Crippen molar-refractivity contribution in [2.45, 2.75) is 200 Å². The third-order valence-corrected chi connectivity index (χ3v) is 9.13. The first kappa shape index (κ1) is 43.6. The topological polar surface area (TPSA) is 85.6 Å². The molecular formula is C41H73N2O5+. The second-order valence-electron chi connectivity index (χ2n) is 13.7. The summed E-state index contributed by atoms with van der Waals surface area (Å²) in [5, 5.41) is 2.82. The Balaban J connectivity index is 2.27. The van der Waals surface area contributed by atoms with Crippen LogP contribution in [-0.4, -0.2) is 37.1 Å². The summed E-state index contributed by atoms with van der Waals surface area (Å²) in [4.78, 5) is 38.1. The fraction of sp³-hybridized carbons (Fsp3) is 0.805. The van der Waals surface area contributed by atoms with E-state index in [1.54, 1.807) is 0 Å². The summed E-state index contributed by atoms with van der Waals surface area (Å²) in [6.07, 6.45) is 34.3. The molecule has 7 heteroatoms. The molecule has 0 saturated heterocycles. The van der Waals surface area contributed by atoms with Crippen LogP contribution in [0.25, 0.3) is 0 Å². The monoisotopic (exact) mass is 674 g/mol. The van der Waals surface area contributed by atoms with Crippen LogP contribution >= 0.6 is 0 Å². The van der Waals surface area contributed by atoms with E-state index in [1.165, 1.54) is 122 Å². The zero-order valence-electron chi connectivity index (χ0n) is 31.2. The van der Waals surface area contributed by atoms with Gasteiger partial charge < -0.3 is 14.8 Å². The van der Waals surface area contributed by atoms with Crippen LogP contribution in [-0.2, 0) is 30.4 Å². The molecule has 1 aromatic rings. The second-order valence-corrected chi connectivity index (χ2v) is 13.7. The number of carbonyl (C=O) groups excluding carboxylic acids is 3. The first-order valence-corrected chi connectivity index (χ1v) is 20.1. The van der Waals surface area contributed by atoms with Crippen LogP contribution in [0.3, 0.4) is 0 Å². The van der Waals surface area contributed by atoms with Crippen LogP contribution in [0.1, 0.15) is 187 Å². The van der Waals surface area contributed by atoms with Crippen molar-refractivity contribution in [3.63, 3.8) is 0 Å². The van der Waals surface area contributed by atoms with E-state index in [4.69, 9.17) is 9.47 Å². The molecule has 0 radical (unpaired) electrons. The molecule has 1 atom stereocenters. The van der Waals surface area contributed by atoms with E-state index >= 15 is 0 Å². The van der Waals surface area contributed by atoms with Crippen molar-refractivity contribution in [3.8, 4) is 0 Å². The number of hydrogen-bond donors (Lipinski definition) is 1. The molecule has 48 heavy (non-hydrogen) atoms. The Kier molecular flexibility index (Phi) is 30.0. The first-order valence-electron chi connectivity index (χ1n) is 20.1. The number of hydrogen-bond acceptors (Lipinski definition) is 5. The fourth-order valence-electron chi connectivity index (χ4n) is 6.01. The van der Waals surface area contributed by atoms with Crippen LogP contribution in [0.2, 0.25) is 0 Å². The molecule has 1 heterocycles. The van der Waals surface area contributed by atoms with E-state index in [0.717, 1.165) is 32.1 Å². The fourth-order valence-corrected chi connectivity index (χ4v) is 6.01. The van der Waals surface area contributed by atoms with Gasteiger partial charge in [-0.25, -0.2) is 9.36 Å². The van der Waals surface area contributed by atoms with Crippen LogP contribution in [0.5, 0.6) is 0 Å². The SMILES string of the molecule is CCCCCCCCCCCCCCOC(=O)CCC(NC(=O)CC[n+]1ccccc1)C(=O)OCCCCCCCCCCCCCC.